The van der Waals surface area contributed by atoms with Crippen molar-refractivity contribution in [3.8, 4) is 0 Å². The summed E-state index contributed by atoms with van der Waals surface area (Å²) in [6.07, 6.45) is 3.42. The van der Waals surface area contributed by atoms with Gasteiger partial charge in [-0.05, 0) is 0 Å². The van der Waals surface area contributed by atoms with Gasteiger partial charge < -0.3 is 5.73 Å². The van der Waals surface area contributed by atoms with Crippen LogP contribution in [0.25, 0.3) is 0 Å². The van der Waals surface area contributed by atoms with Crippen molar-refractivity contribution in [2.45, 2.75) is 0 Å². The highest BCUT2D eigenvalue weighted by atomic mass is 32.2. The molecule has 1 radical (unpaired) electrons. The maximum atomic E-state index is 6.61. The summed E-state index contributed by atoms with van der Waals surface area (Å²) in [6, 6.07) is 0. The molecule has 0 aromatic carbocycles. The molecule has 0 aliphatic heterocycles. The van der Waals surface area contributed by atoms with E-state index >= 15 is 0 Å². The van der Waals surface area contributed by atoms with E-state index in [1.165, 1.54) is 11.8 Å². The second-order valence-electron chi connectivity index (χ2n) is 0.874. The van der Waals surface area contributed by atoms with Crippen LogP contribution in [-0.2, 0) is 0 Å². The molecule has 0 amide bonds. The minimum absolute atomic E-state index is 0.190. The van der Waals surface area contributed by atoms with Gasteiger partial charge in [-0.2, -0.15) is 11.8 Å². The van der Waals surface area contributed by atoms with Gasteiger partial charge in [0.25, 0.3) is 0 Å². The molecule has 0 saturated heterocycles. The zero-order valence-electron chi connectivity index (χ0n) is 3.40. The molecular weight excluding hydrogens is 96.1 g/mol. The SMILES string of the molecule is [CH2]SCC(=N)N. The molecule has 0 aromatic rings. The molecule has 0 spiro atoms. The van der Waals surface area contributed by atoms with Gasteiger partial charge in [-0.3, -0.25) is 5.41 Å². The summed E-state index contributed by atoms with van der Waals surface area (Å²) in [5.74, 6) is 0.731. The molecule has 0 fully saturated rings. The van der Waals surface area contributed by atoms with Crippen LogP contribution in [0.5, 0.6) is 0 Å². The van der Waals surface area contributed by atoms with E-state index in [4.69, 9.17) is 11.1 Å². The summed E-state index contributed by atoms with van der Waals surface area (Å²) in [5.41, 5.74) is 4.93. The topological polar surface area (TPSA) is 49.9 Å². The van der Waals surface area contributed by atoms with Gasteiger partial charge >= 0.3 is 0 Å². The van der Waals surface area contributed by atoms with Gasteiger partial charge in [-0.15, -0.1) is 0 Å². The van der Waals surface area contributed by atoms with Crippen molar-refractivity contribution in [2.75, 3.05) is 5.75 Å². The van der Waals surface area contributed by atoms with E-state index in [0.29, 0.717) is 5.75 Å². The Morgan fingerprint density at radius 1 is 2.00 bits per heavy atom. The normalized spacial score (nSPS) is 8.17. The Kier molecular flexibility index (Phi) is 2.94. The lowest BCUT2D eigenvalue weighted by molar-refractivity contribution is 1.43. The molecular formula is C3H7N2S. The van der Waals surface area contributed by atoms with Crippen molar-refractivity contribution in [3.05, 3.63) is 6.26 Å². The number of thioether (sulfide) groups is 1. The Labute approximate surface area is 41.6 Å². The van der Waals surface area contributed by atoms with Gasteiger partial charge in [0.15, 0.2) is 0 Å². The zero-order valence-corrected chi connectivity index (χ0v) is 4.22. The lowest BCUT2D eigenvalue weighted by atomic mass is 10.7. The highest BCUT2D eigenvalue weighted by molar-refractivity contribution is 8.01. The van der Waals surface area contributed by atoms with Crippen molar-refractivity contribution in [3.63, 3.8) is 0 Å². The van der Waals surface area contributed by atoms with E-state index in [1.54, 1.807) is 0 Å². The largest absolute Gasteiger partial charge is 0.387 e. The number of rotatable bonds is 2. The van der Waals surface area contributed by atoms with Crippen LogP contribution in [0.3, 0.4) is 0 Å². The van der Waals surface area contributed by atoms with E-state index in [9.17, 15) is 0 Å². The van der Waals surface area contributed by atoms with Crippen LogP contribution in [0, 0.1) is 11.7 Å². The van der Waals surface area contributed by atoms with Crippen molar-refractivity contribution in [1.29, 1.82) is 5.41 Å². The van der Waals surface area contributed by atoms with E-state index in [2.05, 4.69) is 6.26 Å². The minimum atomic E-state index is 0.190. The second-order valence-corrected chi connectivity index (χ2v) is 1.57. The fourth-order valence-corrected chi connectivity index (χ4v) is 0.330. The molecule has 0 saturated carbocycles. The third-order valence-electron chi connectivity index (χ3n) is 0.258. The maximum Gasteiger partial charge on any atom is 0.101 e. The van der Waals surface area contributed by atoms with Crippen LogP contribution < -0.4 is 5.73 Å². The fourth-order valence-electron chi connectivity index (χ4n) is 0.110. The number of nitrogens with one attached hydrogen (secondary N) is 1. The smallest absolute Gasteiger partial charge is 0.101 e. The molecule has 0 aliphatic carbocycles. The fraction of sp³-hybridized carbons (Fsp3) is 0.333. The Morgan fingerprint density at radius 3 is 2.50 bits per heavy atom. The predicted molar refractivity (Wildman–Crippen MR) is 29.7 cm³/mol. The lowest BCUT2D eigenvalue weighted by Crippen LogP contribution is -2.11. The van der Waals surface area contributed by atoms with Crippen molar-refractivity contribution < 1.29 is 0 Å². The van der Waals surface area contributed by atoms with E-state index < -0.39 is 0 Å². The molecule has 6 heavy (non-hydrogen) atoms. The Hall–Kier alpha value is -0.180. The van der Waals surface area contributed by atoms with Gasteiger partial charge in [0.1, 0.15) is 5.84 Å². The molecule has 0 rings (SSSR count). The average molecular weight is 103 g/mol. The van der Waals surface area contributed by atoms with Crippen molar-refractivity contribution in [2.24, 2.45) is 5.73 Å². The summed E-state index contributed by atoms with van der Waals surface area (Å²) in [4.78, 5) is 0. The Morgan fingerprint density at radius 2 is 2.50 bits per heavy atom. The van der Waals surface area contributed by atoms with Gasteiger partial charge in [-0.1, -0.05) is 0 Å². The summed E-state index contributed by atoms with van der Waals surface area (Å²) in [5, 5.41) is 6.61. The molecule has 0 heterocycles. The minimum Gasteiger partial charge on any atom is -0.387 e. The molecule has 35 valence electrons. The lowest BCUT2D eigenvalue weighted by Gasteiger charge is -1.85. The summed E-state index contributed by atoms with van der Waals surface area (Å²) in [6.45, 7) is 0. The monoisotopic (exact) mass is 103 g/mol. The van der Waals surface area contributed by atoms with E-state index in [0.717, 1.165) is 0 Å². The summed E-state index contributed by atoms with van der Waals surface area (Å²) in [7, 11) is 0. The highest BCUT2D eigenvalue weighted by Crippen LogP contribution is 1.89. The standard InChI is InChI=1S/C3H7N2S/c1-6-2-3(4)5/h1-2H2,(H3,4,5). The molecule has 0 atom stereocenters. The molecule has 0 bridgehead atoms. The second kappa shape index (κ2) is 3.03. The van der Waals surface area contributed by atoms with Gasteiger partial charge in [0.05, 0.1) is 5.75 Å². The maximum absolute atomic E-state index is 6.61. The van der Waals surface area contributed by atoms with E-state index in [-0.39, 0.29) is 5.84 Å². The first-order valence-corrected chi connectivity index (χ1v) is 2.62. The number of amidine groups is 1. The molecule has 2 nitrogen and oxygen atoms in total. The van der Waals surface area contributed by atoms with Crippen LogP contribution >= 0.6 is 11.8 Å². The predicted octanol–water partition coefficient (Wildman–Crippen LogP) is 0.447. The number of hydrogen-bond donors (Lipinski definition) is 2. The summed E-state index contributed by atoms with van der Waals surface area (Å²) < 4.78 is 0. The quantitative estimate of drug-likeness (QED) is 0.393. The molecule has 0 aromatic heterocycles. The van der Waals surface area contributed by atoms with E-state index in [1.807, 2.05) is 0 Å². The number of hydrogen-bond acceptors (Lipinski definition) is 2. The van der Waals surface area contributed by atoms with Crippen LogP contribution in [0.1, 0.15) is 0 Å². The molecule has 0 unspecified atom stereocenters. The van der Waals surface area contributed by atoms with Crippen LogP contribution in [0.4, 0.5) is 0 Å². The highest BCUT2D eigenvalue weighted by Gasteiger charge is 1.79. The Balaban J connectivity index is 2.83. The van der Waals surface area contributed by atoms with Crippen LogP contribution in [0.2, 0.25) is 0 Å². The first-order valence-electron chi connectivity index (χ1n) is 1.47. The van der Waals surface area contributed by atoms with Crippen LogP contribution in [-0.4, -0.2) is 11.6 Å². The van der Waals surface area contributed by atoms with Crippen LogP contribution in [0.15, 0.2) is 0 Å². The van der Waals surface area contributed by atoms with Gasteiger partial charge in [0, 0.05) is 6.26 Å². The van der Waals surface area contributed by atoms with Gasteiger partial charge in [0.2, 0.25) is 0 Å². The van der Waals surface area contributed by atoms with Gasteiger partial charge in [-0.25, -0.2) is 0 Å². The molecule has 3 heteroatoms. The third kappa shape index (κ3) is 3.82. The Bertz CT molecular complexity index is 52.8. The summed E-state index contributed by atoms with van der Waals surface area (Å²) >= 11 is 1.31. The van der Waals surface area contributed by atoms with Crippen molar-refractivity contribution in [1.82, 2.24) is 0 Å². The first-order chi connectivity index (χ1) is 2.77. The first kappa shape index (κ1) is 5.82. The third-order valence-corrected chi connectivity index (χ3v) is 0.773. The molecule has 3 N–H and O–H groups in total. The molecule has 0 aliphatic rings. The average Bonchev–Trinajstić information content (AvgIpc) is 1.35. The van der Waals surface area contributed by atoms with Crippen molar-refractivity contribution >= 4 is 17.6 Å². The number of nitrogens with two attached hydrogens (primary N) is 1. The zero-order chi connectivity index (χ0) is 4.99.